The third kappa shape index (κ3) is 9.11. The van der Waals surface area contributed by atoms with Crippen LogP contribution in [0.15, 0.2) is 0 Å². The second-order valence-electron chi connectivity index (χ2n) is 9.56. The van der Waals surface area contributed by atoms with Gasteiger partial charge in [0.05, 0.1) is 13.2 Å². The summed E-state index contributed by atoms with van der Waals surface area (Å²) in [6.45, 7) is 1.31. The molecule has 4 unspecified atom stereocenters. The van der Waals surface area contributed by atoms with Gasteiger partial charge in [-0.05, 0) is 6.42 Å². The Kier molecular flexibility index (Phi) is 14.4. The van der Waals surface area contributed by atoms with Gasteiger partial charge in [-0.3, -0.25) is 0 Å². The Bertz CT molecular complexity index is 550. The lowest BCUT2D eigenvalue weighted by Crippen LogP contribution is -2.64. The molecule has 0 aliphatic carbocycles. The topological polar surface area (TPSA) is 179 Å². The first-order valence-electron chi connectivity index (χ1n) is 13.1. The summed E-state index contributed by atoms with van der Waals surface area (Å²) in [4.78, 5) is 0. The highest BCUT2D eigenvalue weighted by atomic mass is 16.7. The fourth-order valence-electron chi connectivity index (χ4n) is 4.48. The first kappa shape index (κ1) is 30.8. The van der Waals surface area contributed by atoms with Gasteiger partial charge in [-0.1, -0.05) is 64.7 Å². The van der Waals surface area contributed by atoms with Gasteiger partial charge in [0, 0.05) is 6.61 Å². The van der Waals surface area contributed by atoms with Crippen molar-refractivity contribution < 1.29 is 54.7 Å². The van der Waals surface area contributed by atoms with Crippen LogP contribution in [-0.2, 0) is 18.9 Å². The minimum Gasteiger partial charge on any atom is -0.394 e. The van der Waals surface area contributed by atoms with Crippen molar-refractivity contribution in [3.8, 4) is 0 Å². The van der Waals surface area contributed by atoms with Gasteiger partial charge in [-0.2, -0.15) is 0 Å². The highest BCUT2D eigenvalue weighted by Gasteiger charge is 2.50. The molecule has 2 aliphatic heterocycles. The number of aliphatic hydroxyl groups excluding tert-OH is 7. The summed E-state index contributed by atoms with van der Waals surface area (Å²) >= 11 is 0. The summed E-state index contributed by atoms with van der Waals surface area (Å²) in [6, 6.07) is 0. The molecule has 0 amide bonds. The largest absolute Gasteiger partial charge is 0.394 e. The molecule has 0 saturated carbocycles. The molecule has 0 bridgehead atoms. The van der Waals surface area contributed by atoms with Crippen molar-refractivity contribution in [3.05, 3.63) is 0 Å². The maximum absolute atomic E-state index is 10.6. The fourth-order valence-corrected chi connectivity index (χ4v) is 4.48. The average molecular weight is 511 g/mol. The molecule has 11 heteroatoms. The number of unbranched alkanes of at least 4 members (excludes halogenated alkanes) is 9. The number of rotatable bonds is 16. The van der Waals surface area contributed by atoms with Crippen LogP contribution in [-0.4, -0.2) is 117 Å². The SMILES string of the molecule is CCCCCCCCCCCCO[C@@H]1OC(CO)[C@@H](O[C@H]2OC(CO)[C@@H](O)[C@H](O)C2O)C(O)[C@@H]1O. The summed E-state index contributed by atoms with van der Waals surface area (Å²) in [5.41, 5.74) is 0. The van der Waals surface area contributed by atoms with E-state index in [-0.39, 0.29) is 0 Å². The minimum atomic E-state index is -1.69. The number of hydrogen-bond acceptors (Lipinski definition) is 11. The molecule has 11 nitrogen and oxygen atoms in total. The van der Waals surface area contributed by atoms with E-state index in [1.807, 2.05) is 0 Å². The van der Waals surface area contributed by atoms with E-state index in [9.17, 15) is 35.7 Å². The van der Waals surface area contributed by atoms with E-state index in [0.717, 1.165) is 19.3 Å². The number of hydrogen-bond donors (Lipinski definition) is 7. The van der Waals surface area contributed by atoms with Gasteiger partial charge in [0.1, 0.15) is 48.8 Å². The summed E-state index contributed by atoms with van der Waals surface area (Å²) in [6.07, 6.45) is -2.63. The Morgan fingerprint density at radius 2 is 1.09 bits per heavy atom. The van der Waals surface area contributed by atoms with Crippen molar-refractivity contribution in [2.75, 3.05) is 19.8 Å². The summed E-state index contributed by atoms with van der Waals surface area (Å²) in [5.74, 6) is 0. The zero-order valence-electron chi connectivity index (χ0n) is 20.7. The highest BCUT2D eigenvalue weighted by molar-refractivity contribution is 4.94. The van der Waals surface area contributed by atoms with Crippen molar-refractivity contribution in [3.63, 3.8) is 0 Å². The van der Waals surface area contributed by atoms with E-state index in [2.05, 4.69) is 6.92 Å². The predicted molar refractivity (Wildman–Crippen MR) is 124 cm³/mol. The zero-order valence-corrected chi connectivity index (χ0v) is 20.7. The molecule has 0 aromatic rings. The van der Waals surface area contributed by atoms with Gasteiger partial charge in [0.15, 0.2) is 12.6 Å². The minimum absolute atomic E-state index is 0.321. The first-order chi connectivity index (χ1) is 16.8. The van der Waals surface area contributed by atoms with Crippen molar-refractivity contribution in [1.29, 1.82) is 0 Å². The summed E-state index contributed by atoms with van der Waals surface area (Å²) < 4.78 is 22.0. The molecule has 2 heterocycles. The zero-order chi connectivity index (χ0) is 25.8. The molecule has 2 saturated heterocycles. The molecular formula is C24H46O11. The number of aliphatic hydroxyl groups is 7. The summed E-state index contributed by atoms with van der Waals surface area (Å²) in [5, 5.41) is 70.1. The van der Waals surface area contributed by atoms with Gasteiger partial charge in [-0.15, -0.1) is 0 Å². The van der Waals surface area contributed by atoms with Crippen LogP contribution in [0.2, 0.25) is 0 Å². The van der Waals surface area contributed by atoms with Crippen molar-refractivity contribution in [1.82, 2.24) is 0 Å². The molecule has 2 aliphatic rings. The molecular weight excluding hydrogens is 464 g/mol. The maximum atomic E-state index is 10.6. The molecule has 2 fully saturated rings. The maximum Gasteiger partial charge on any atom is 0.187 e. The lowest BCUT2D eigenvalue weighted by atomic mass is 9.97. The Balaban J connectivity index is 1.74. The smallest absolute Gasteiger partial charge is 0.187 e. The van der Waals surface area contributed by atoms with E-state index in [4.69, 9.17) is 18.9 Å². The lowest BCUT2D eigenvalue weighted by molar-refractivity contribution is -0.359. The van der Waals surface area contributed by atoms with E-state index in [0.29, 0.717) is 6.61 Å². The fraction of sp³-hybridized carbons (Fsp3) is 1.00. The summed E-state index contributed by atoms with van der Waals surface area (Å²) in [7, 11) is 0. The molecule has 0 radical (unpaired) electrons. The van der Waals surface area contributed by atoms with E-state index >= 15 is 0 Å². The monoisotopic (exact) mass is 510 g/mol. The number of ether oxygens (including phenoxy) is 4. The van der Waals surface area contributed by atoms with Gasteiger partial charge < -0.3 is 54.7 Å². The van der Waals surface area contributed by atoms with E-state index < -0.39 is 74.6 Å². The van der Waals surface area contributed by atoms with Crippen LogP contribution < -0.4 is 0 Å². The van der Waals surface area contributed by atoms with Crippen LogP contribution in [0.4, 0.5) is 0 Å². The van der Waals surface area contributed by atoms with Crippen molar-refractivity contribution >= 4 is 0 Å². The van der Waals surface area contributed by atoms with Crippen LogP contribution in [0.5, 0.6) is 0 Å². The van der Waals surface area contributed by atoms with Gasteiger partial charge >= 0.3 is 0 Å². The second kappa shape index (κ2) is 16.4. The molecule has 0 aromatic carbocycles. The Labute approximate surface area is 207 Å². The van der Waals surface area contributed by atoms with E-state index in [1.165, 1.54) is 44.9 Å². The molecule has 0 spiro atoms. The quantitative estimate of drug-likeness (QED) is 0.134. The molecule has 35 heavy (non-hydrogen) atoms. The molecule has 208 valence electrons. The van der Waals surface area contributed by atoms with Crippen LogP contribution in [0.1, 0.15) is 71.1 Å². The van der Waals surface area contributed by atoms with Crippen LogP contribution >= 0.6 is 0 Å². The third-order valence-corrected chi connectivity index (χ3v) is 6.74. The van der Waals surface area contributed by atoms with Crippen molar-refractivity contribution in [2.24, 2.45) is 0 Å². The van der Waals surface area contributed by atoms with Gasteiger partial charge in [-0.25, -0.2) is 0 Å². The Morgan fingerprint density at radius 3 is 1.66 bits per heavy atom. The molecule has 0 aromatic heterocycles. The first-order valence-corrected chi connectivity index (χ1v) is 13.1. The van der Waals surface area contributed by atoms with Crippen LogP contribution in [0, 0.1) is 0 Å². The lowest BCUT2D eigenvalue weighted by Gasteiger charge is -2.45. The van der Waals surface area contributed by atoms with Gasteiger partial charge in [0.2, 0.25) is 0 Å². The third-order valence-electron chi connectivity index (χ3n) is 6.74. The van der Waals surface area contributed by atoms with Gasteiger partial charge in [0.25, 0.3) is 0 Å². The van der Waals surface area contributed by atoms with Crippen LogP contribution in [0.3, 0.4) is 0 Å². The van der Waals surface area contributed by atoms with E-state index in [1.54, 1.807) is 0 Å². The molecule has 2 rings (SSSR count). The normalized spacial score (nSPS) is 38.1. The predicted octanol–water partition coefficient (Wildman–Crippen LogP) is -0.452. The Morgan fingerprint density at radius 1 is 0.571 bits per heavy atom. The highest BCUT2D eigenvalue weighted by Crippen LogP contribution is 2.29. The Hall–Kier alpha value is -0.440. The molecule has 7 N–H and O–H groups in total. The second-order valence-corrected chi connectivity index (χ2v) is 9.56. The molecule has 10 atom stereocenters. The standard InChI is InChI=1S/C24H46O11/c1-2-3-4-5-6-7-8-9-10-11-12-32-23-21(31)19(29)22(16(14-26)34-23)35-24-20(30)18(28)17(27)15(13-25)33-24/h15-31H,2-14H2,1H3/t15?,16?,17-,18+,19?,20?,21+,22-,23-,24-/m1/s1. The average Bonchev–Trinajstić information content (AvgIpc) is 2.86. The van der Waals surface area contributed by atoms with Crippen LogP contribution in [0.25, 0.3) is 0 Å². The van der Waals surface area contributed by atoms with Crippen molar-refractivity contribution in [2.45, 2.75) is 133 Å².